The monoisotopic (exact) mass is 515 g/mol. The molecule has 1 atom stereocenters. The molecule has 1 heterocycles. The molecule has 1 unspecified atom stereocenters. The van der Waals surface area contributed by atoms with Crippen molar-refractivity contribution < 1.29 is 28.2 Å². The molecule has 0 amide bonds. The summed E-state index contributed by atoms with van der Waals surface area (Å²) in [5, 5.41) is 18.8. The zero-order valence-corrected chi connectivity index (χ0v) is 20.1. The zero-order valence-electron chi connectivity index (χ0n) is 19.3. The minimum absolute atomic E-state index is 0.0201. The van der Waals surface area contributed by atoms with Crippen LogP contribution in [0.5, 0.6) is 0 Å². The Morgan fingerprint density at radius 2 is 1.86 bits per heavy atom. The number of thioether (sulfide) groups is 1. The number of carbonyl (C=O) groups is 1. The van der Waals surface area contributed by atoms with Crippen LogP contribution in [0.1, 0.15) is 18.1 Å². The third kappa shape index (κ3) is 7.35. The highest BCUT2D eigenvalue weighted by Gasteiger charge is 2.30. The Bertz CT molecular complexity index is 1250. The third-order valence-corrected chi connectivity index (χ3v) is 6.18. The minimum atomic E-state index is -4.48. The first-order valence-electron chi connectivity index (χ1n) is 10.8. The average molecular weight is 516 g/mol. The van der Waals surface area contributed by atoms with E-state index in [4.69, 9.17) is 5.11 Å². The van der Waals surface area contributed by atoms with Crippen LogP contribution in [0.2, 0.25) is 0 Å². The van der Waals surface area contributed by atoms with Crippen LogP contribution in [-0.2, 0) is 17.5 Å². The lowest BCUT2D eigenvalue weighted by atomic mass is 10.1. The van der Waals surface area contributed by atoms with Gasteiger partial charge in [0.05, 0.1) is 17.8 Å². The molecule has 0 saturated heterocycles. The van der Waals surface area contributed by atoms with Crippen LogP contribution >= 0.6 is 11.8 Å². The molecule has 2 N–H and O–H groups in total. The highest BCUT2D eigenvalue weighted by atomic mass is 32.2. The van der Waals surface area contributed by atoms with Gasteiger partial charge < -0.3 is 15.1 Å². The molecule has 10 heteroatoms. The first-order chi connectivity index (χ1) is 17.1. The zero-order chi connectivity index (χ0) is 26.3. The molecule has 0 aliphatic rings. The minimum Gasteiger partial charge on any atom is -0.510 e. The largest absolute Gasteiger partial charge is 0.510 e. The lowest BCUT2D eigenvalue weighted by Crippen LogP contribution is -2.26. The molecule has 1 aromatic heterocycles. The lowest BCUT2D eigenvalue weighted by Gasteiger charge is -2.24. The Morgan fingerprint density at radius 3 is 2.50 bits per heavy atom. The lowest BCUT2D eigenvalue weighted by molar-refractivity contribution is -0.138. The van der Waals surface area contributed by atoms with Crippen LogP contribution in [-0.4, -0.2) is 37.9 Å². The number of nitrogens with zero attached hydrogens (tertiary/aromatic N) is 3. The molecule has 3 rings (SSSR count). The number of rotatable bonds is 10. The van der Waals surface area contributed by atoms with E-state index in [1.54, 1.807) is 17.9 Å². The Morgan fingerprint density at radius 1 is 1.14 bits per heavy atom. The summed E-state index contributed by atoms with van der Waals surface area (Å²) in [5.74, 6) is -0.480. The number of aromatic nitrogens is 2. The Balaban J connectivity index is 1.90. The average Bonchev–Trinajstić information content (AvgIpc) is 2.84. The van der Waals surface area contributed by atoms with E-state index in [1.165, 1.54) is 42.4 Å². The van der Waals surface area contributed by atoms with E-state index in [2.05, 4.69) is 16.5 Å². The van der Waals surface area contributed by atoms with Gasteiger partial charge in [-0.15, -0.1) is 11.8 Å². The van der Waals surface area contributed by atoms with Gasteiger partial charge in [0, 0.05) is 23.1 Å². The predicted octanol–water partition coefficient (Wildman–Crippen LogP) is 6.36. The van der Waals surface area contributed by atoms with E-state index in [9.17, 15) is 23.1 Å². The quantitative estimate of drug-likeness (QED) is 0.185. The van der Waals surface area contributed by atoms with Crippen molar-refractivity contribution in [1.29, 1.82) is 0 Å². The fourth-order valence-electron chi connectivity index (χ4n) is 3.28. The van der Waals surface area contributed by atoms with Gasteiger partial charge in [0.1, 0.15) is 23.2 Å². The van der Waals surface area contributed by atoms with Gasteiger partial charge in [-0.2, -0.15) is 13.2 Å². The second-order valence-electron chi connectivity index (χ2n) is 7.83. The fourth-order valence-corrected chi connectivity index (χ4v) is 4.09. The fraction of sp³-hybridized carbons (Fsp3) is 0.192. The molecule has 36 heavy (non-hydrogen) atoms. The van der Waals surface area contributed by atoms with Crippen LogP contribution in [0, 0.1) is 0 Å². The molecule has 0 fully saturated rings. The number of aliphatic carboxylic acids is 1. The van der Waals surface area contributed by atoms with E-state index >= 15 is 0 Å². The van der Waals surface area contributed by atoms with E-state index in [1.807, 2.05) is 24.3 Å². The van der Waals surface area contributed by atoms with Crippen molar-refractivity contribution in [2.75, 3.05) is 11.4 Å². The van der Waals surface area contributed by atoms with Crippen molar-refractivity contribution in [3.63, 3.8) is 0 Å². The first-order valence-corrected chi connectivity index (χ1v) is 11.7. The summed E-state index contributed by atoms with van der Waals surface area (Å²) in [5.41, 5.74) is 0.664. The van der Waals surface area contributed by atoms with Crippen LogP contribution in [0.25, 0.3) is 11.3 Å². The number of carboxylic acid groups (broad SMARTS) is 1. The molecule has 0 radical (unpaired) electrons. The van der Waals surface area contributed by atoms with Crippen molar-refractivity contribution in [2.24, 2.45) is 0 Å². The number of halogens is 3. The second kappa shape index (κ2) is 11.8. The van der Waals surface area contributed by atoms with Crippen LogP contribution in [0.4, 0.5) is 19.0 Å². The second-order valence-corrected chi connectivity index (χ2v) is 9.25. The van der Waals surface area contributed by atoms with Crippen LogP contribution in [0.15, 0.2) is 90.3 Å². The van der Waals surface area contributed by atoms with Gasteiger partial charge in [-0.1, -0.05) is 36.9 Å². The Hall–Kier alpha value is -3.79. The number of carboxylic acids is 1. The molecule has 6 nitrogen and oxygen atoms in total. The number of hydrogen-bond donors (Lipinski definition) is 2. The molecular weight excluding hydrogens is 491 g/mol. The van der Waals surface area contributed by atoms with Gasteiger partial charge in [0.15, 0.2) is 0 Å². The van der Waals surface area contributed by atoms with Crippen molar-refractivity contribution >= 4 is 23.5 Å². The number of aliphatic hydroxyl groups is 1. The molecule has 2 aromatic carbocycles. The van der Waals surface area contributed by atoms with Crippen LogP contribution < -0.4 is 4.90 Å². The maximum Gasteiger partial charge on any atom is 0.416 e. The molecule has 188 valence electrons. The molecule has 3 aromatic rings. The Kier molecular flexibility index (Phi) is 8.76. The van der Waals surface area contributed by atoms with Crippen molar-refractivity contribution in [1.82, 2.24) is 9.97 Å². The van der Waals surface area contributed by atoms with Gasteiger partial charge in [0.2, 0.25) is 0 Å². The predicted molar refractivity (Wildman–Crippen MR) is 134 cm³/mol. The van der Waals surface area contributed by atoms with Gasteiger partial charge in [-0.05, 0) is 42.8 Å². The van der Waals surface area contributed by atoms with E-state index < -0.39 is 23.0 Å². The summed E-state index contributed by atoms with van der Waals surface area (Å²) in [4.78, 5) is 22.1. The first kappa shape index (κ1) is 26.8. The maximum absolute atomic E-state index is 13.2. The summed E-state index contributed by atoms with van der Waals surface area (Å²) in [6.07, 6.45) is -0.336. The van der Waals surface area contributed by atoms with Crippen molar-refractivity contribution in [2.45, 2.75) is 29.8 Å². The number of alkyl halides is 3. The van der Waals surface area contributed by atoms with E-state index in [-0.39, 0.29) is 17.9 Å². The summed E-state index contributed by atoms with van der Waals surface area (Å²) < 4.78 is 39.5. The van der Waals surface area contributed by atoms with Crippen LogP contribution in [0.3, 0.4) is 0 Å². The topological polar surface area (TPSA) is 86.5 Å². The number of allylic oxidation sites excluding steroid dienone is 2. The van der Waals surface area contributed by atoms with E-state index in [0.29, 0.717) is 18.1 Å². The normalized spacial score (nSPS) is 12.7. The third-order valence-electron chi connectivity index (χ3n) is 5.08. The van der Waals surface area contributed by atoms with Gasteiger partial charge >= 0.3 is 12.1 Å². The molecule has 0 aliphatic heterocycles. The summed E-state index contributed by atoms with van der Waals surface area (Å²) in [6, 6.07) is 13.7. The molecule has 0 bridgehead atoms. The SMILES string of the molecule is C=C/C=C(\O)CN(Cc1ccc(SC(C)C(=O)O)cc1)c1cc(-c2cccc(C(F)(F)F)c2)ncn1. The Labute approximate surface area is 210 Å². The summed E-state index contributed by atoms with van der Waals surface area (Å²) in [6.45, 7) is 5.56. The molecule has 0 spiro atoms. The highest BCUT2D eigenvalue weighted by Crippen LogP contribution is 2.32. The van der Waals surface area contributed by atoms with Gasteiger partial charge in [-0.3, -0.25) is 4.79 Å². The van der Waals surface area contributed by atoms with Crippen molar-refractivity contribution in [3.8, 4) is 11.3 Å². The highest BCUT2D eigenvalue weighted by molar-refractivity contribution is 8.00. The number of anilines is 1. The molecule has 0 saturated carbocycles. The van der Waals surface area contributed by atoms with E-state index in [0.717, 1.165) is 22.6 Å². The molecular formula is C26H24F3N3O3S. The number of hydrogen-bond acceptors (Lipinski definition) is 6. The van der Waals surface area contributed by atoms with Crippen molar-refractivity contribution in [3.05, 3.63) is 96.5 Å². The standard InChI is InChI=1S/C26H24F3N3O3S/c1-3-5-21(33)15-32(14-18-8-10-22(11-9-18)36-17(2)25(34)35)24-13-23(30-16-31-24)19-6-4-7-20(12-19)26(27,28)29/h3-13,16-17,33H,1,14-15H2,2H3,(H,34,35)/b21-5-. The van der Waals surface area contributed by atoms with Gasteiger partial charge in [0.25, 0.3) is 0 Å². The summed E-state index contributed by atoms with van der Waals surface area (Å²) in [7, 11) is 0. The summed E-state index contributed by atoms with van der Waals surface area (Å²) >= 11 is 1.22. The molecule has 0 aliphatic carbocycles. The number of benzene rings is 2. The number of aliphatic hydroxyl groups excluding tert-OH is 1. The smallest absolute Gasteiger partial charge is 0.416 e. The van der Waals surface area contributed by atoms with Gasteiger partial charge in [-0.25, -0.2) is 9.97 Å². The maximum atomic E-state index is 13.2.